The largest absolute Gasteiger partial charge is 0.394 e. The standard InChI is InChI=1S/C12H22O11/c13-1-3(15)5(16)7(18)9(20)11(22)12-10(21)8(19)6(17)4(2-14)23-12/h3-10,12-21H,1-2H2/t3-,4-,5-,6-,7+,8+,9?,10-,12+/m1/s1. The second-order valence-corrected chi connectivity index (χ2v) is 5.33. The first-order valence-corrected chi connectivity index (χ1v) is 6.84. The Morgan fingerprint density at radius 3 is 1.96 bits per heavy atom. The predicted octanol–water partition coefficient (Wildman–Crippen LogP) is -6.17. The first kappa shape index (κ1) is 20.3. The Kier molecular flexibility index (Phi) is 7.41. The van der Waals surface area contributed by atoms with Gasteiger partial charge in [-0.05, 0) is 0 Å². The number of hydrogen-bond donors (Lipinski definition) is 9. The van der Waals surface area contributed by atoms with Crippen LogP contribution in [0.1, 0.15) is 0 Å². The molecular formula is C12H22O11. The molecule has 11 heteroatoms. The molecule has 0 spiro atoms. The molecule has 1 aliphatic heterocycles. The van der Waals surface area contributed by atoms with Crippen LogP contribution in [-0.2, 0) is 9.53 Å². The van der Waals surface area contributed by atoms with Gasteiger partial charge in [-0.15, -0.1) is 0 Å². The third-order valence-corrected chi connectivity index (χ3v) is 3.72. The molecule has 0 aliphatic carbocycles. The Hall–Kier alpha value is -0.730. The highest BCUT2D eigenvalue weighted by Gasteiger charge is 2.49. The number of carbonyl (C=O) groups excluding carboxylic acids is 1. The number of ketones is 1. The molecule has 1 unspecified atom stereocenters. The van der Waals surface area contributed by atoms with Crippen molar-refractivity contribution in [2.45, 2.75) is 54.9 Å². The van der Waals surface area contributed by atoms with E-state index in [1.54, 1.807) is 0 Å². The van der Waals surface area contributed by atoms with Crippen molar-refractivity contribution >= 4 is 5.78 Å². The minimum absolute atomic E-state index is 0.792. The monoisotopic (exact) mass is 342 g/mol. The van der Waals surface area contributed by atoms with Crippen LogP contribution in [0, 0.1) is 0 Å². The SMILES string of the molecule is O=C(C(O)[C@@H](O)[C@H](O)[C@H](O)CO)[C@H]1O[C@H](CO)[C@@H](O)[C@H](O)[C@H]1O. The average Bonchev–Trinajstić information content (AvgIpc) is 2.56. The fraction of sp³-hybridized carbons (Fsp3) is 0.917. The van der Waals surface area contributed by atoms with E-state index in [0.29, 0.717) is 0 Å². The normalized spacial score (nSPS) is 37.0. The van der Waals surface area contributed by atoms with E-state index < -0.39 is 73.9 Å². The van der Waals surface area contributed by atoms with E-state index in [1.807, 2.05) is 0 Å². The number of aliphatic hydroxyl groups excluding tert-OH is 9. The number of aliphatic hydroxyl groups is 9. The Labute approximate surface area is 130 Å². The number of carbonyl (C=O) groups is 1. The molecule has 1 rings (SSSR count). The molecule has 0 aromatic carbocycles. The zero-order chi connectivity index (χ0) is 17.9. The van der Waals surface area contributed by atoms with Gasteiger partial charge in [0.05, 0.1) is 13.2 Å². The minimum Gasteiger partial charge on any atom is -0.394 e. The van der Waals surface area contributed by atoms with E-state index in [9.17, 15) is 40.5 Å². The molecule has 11 nitrogen and oxygen atoms in total. The van der Waals surface area contributed by atoms with Crippen LogP contribution in [0.4, 0.5) is 0 Å². The van der Waals surface area contributed by atoms with Gasteiger partial charge in [0.2, 0.25) is 0 Å². The van der Waals surface area contributed by atoms with Crippen LogP contribution < -0.4 is 0 Å². The molecule has 1 heterocycles. The molecule has 1 saturated heterocycles. The minimum atomic E-state index is -2.33. The molecule has 9 atom stereocenters. The van der Waals surface area contributed by atoms with Crippen molar-refractivity contribution in [1.29, 1.82) is 0 Å². The fourth-order valence-corrected chi connectivity index (χ4v) is 2.20. The molecule has 0 bridgehead atoms. The molecule has 0 aromatic heterocycles. The summed E-state index contributed by atoms with van der Waals surface area (Å²) in [5, 5.41) is 84.5. The summed E-state index contributed by atoms with van der Waals surface area (Å²) >= 11 is 0. The molecule has 23 heavy (non-hydrogen) atoms. The van der Waals surface area contributed by atoms with Gasteiger partial charge in [-0.1, -0.05) is 0 Å². The highest BCUT2D eigenvalue weighted by molar-refractivity contribution is 5.88. The molecule has 0 saturated carbocycles. The Morgan fingerprint density at radius 2 is 1.48 bits per heavy atom. The average molecular weight is 342 g/mol. The number of ether oxygens (including phenoxy) is 1. The summed E-state index contributed by atoms with van der Waals surface area (Å²) in [7, 11) is 0. The predicted molar refractivity (Wildman–Crippen MR) is 69.9 cm³/mol. The number of rotatable bonds is 7. The Balaban J connectivity index is 2.85. The van der Waals surface area contributed by atoms with Crippen molar-refractivity contribution in [2.24, 2.45) is 0 Å². The zero-order valence-corrected chi connectivity index (χ0v) is 12.0. The van der Waals surface area contributed by atoms with E-state index in [2.05, 4.69) is 0 Å². The van der Waals surface area contributed by atoms with Crippen LogP contribution in [0.15, 0.2) is 0 Å². The lowest BCUT2D eigenvalue weighted by Gasteiger charge is -2.40. The molecular weight excluding hydrogens is 320 g/mol. The van der Waals surface area contributed by atoms with Gasteiger partial charge in [0.1, 0.15) is 54.9 Å². The quantitative estimate of drug-likeness (QED) is 0.212. The van der Waals surface area contributed by atoms with Crippen molar-refractivity contribution in [1.82, 2.24) is 0 Å². The summed E-state index contributed by atoms with van der Waals surface area (Å²) in [4.78, 5) is 12.1. The van der Waals surface area contributed by atoms with Gasteiger partial charge in [-0.2, -0.15) is 0 Å². The molecule has 0 radical (unpaired) electrons. The lowest BCUT2D eigenvalue weighted by molar-refractivity contribution is -0.231. The van der Waals surface area contributed by atoms with Crippen LogP contribution in [0.5, 0.6) is 0 Å². The summed E-state index contributed by atoms with van der Waals surface area (Å²) in [6, 6.07) is 0. The lowest BCUT2D eigenvalue weighted by Crippen LogP contribution is -2.63. The first-order valence-electron chi connectivity index (χ1n) is 6.84. The molecule has 0 aromatic rings. The third-order valence-electron chi connectivity index (χ3n) is 3.72. The summed E-state index contributed by atoms with van der Waals surface area (Å²) < 4.78 is 4.91. The maximum absolute atomic E-state index is 12.1. The number of Topliss-reactive ketones (excluding diaryl/α,β-unsaturated/α-hetero) is 1. The topological polar surface area (TPSA) is 208 Å². The van der Waals surface area contributed by atoms with Gasteiger partial charge >= 0.3 is 0 Å². The van der Waals surface area contributed by atoms with Gasteiger partial charge in [-0.3, -0.25) is 4.79 Å². The van der Waals surface area contributed by atoms with Crippen molar-refractivity contribution in [2.75, 3.05) is 13.2 Å². The summed E-state index contributed by atoms with van der Waals surface area (Å²) in [6.07, 6.45) is -17.2. The third kappa shape index (κ3) is 4.22. The summed E-state index contributed by atoms with van der Waals surface area (Å²) in [5.74, 6) is -1.35. The van der Waals surface area contributed by atoms with Crippen LogP contribution in [0.25, 0.3) is 0 Å². The van der Waals surface area contributed by atoms with Crippen LogP contribution >= 0.6 is 0 Å². The second-order valence-electron chi connectivity index (χ2n) is 5.33. The van der Waals surface area contributed by atoms with E-state index in [1.165, 1.54) is 0 Å². The van der Waals surface area contributed by atoms with Gasteiger partial charge < -0.3 is 50.7 Å². The molecule has 136 valence electrons. The van der Waals surface area contributed by atoms with Crippen molar-refractivity contribution in [3.63, 3.8) is 0 Å². The fourth-order valence-electron chi connectivity index (χ4n) is 2.20. The van der Waals surface area contributed by atoms with E-state index >= 15 is 0 Å². The van der Waals surface area contributed by atoms with Crippen LogP contribution in [0.2, 0.25) is 0 Å². The van der Waals surface area contributed by atoms with Gasteiger partial charge in [-0.25, -0.2) is 0 Å². The molecule has 1 fully saturated rings. The highest BCUT2D eigenvalue weighted by Crippen LogP contribution is 2.23. The van der Waals surface area contributed by atoms with Crippen molar-refractivity contribution < 1.29 is 55.5 Å². The molecule has 0 amide bonds. The van der Waals surface area contributed by atoms with Gasteiger partial charge in [0.15, 0.2) is 5.78 Å². The van der Waals surface area contributed by atoms with E-state index in [-0.39, 0.29) is 0 Å². The highest BCUT2D eigenvalue weighted by atomic mass is 16.5. The summed E-state index contributed by atoms with van der Waals surface area (Å²) in [6.45, 7) is -1.74. The number of hydrogen-bond acceptors (Lipinski definition) is 11. The van der Waals surface area contributed by atoms with Crippen LogP contribution in [0.3, 0.4) is 0 Å². The first-order chi connectivity index (χ1) is 10.7. The molecule has 1 aliphatic rings. The van der Waals surface area contributed by atoms with Gasteiger partial charge in [0.25, 0.3) is 0 Å². The van der Waals surface area contributed by atoms with Crippen molar-refractivity contribution in [3.8, 4) is 0 Å². The summed E-state index contributed by atoms with van der Waals surface area (Å²) in [5.41, 5.74) is 0. The Morgan fingerprint density at radius 1 is 0.913 bits per heavy atom. The van der Waals surface area contributed by atoms with E-state index in [0.717, 1.165) is 0 Å². The van der Waals surface area contributed by atoms with E-state index in [4.69, 9.17) is 14.9 Å². The van der Waals surface area contributed by atoms with Gasteiger partial charge in [0, 0.05) is 0 Å². The zero-order valence-electron chi connectivity index (χ0n) is 12.0. The lowest BCUT2D eigenvalue weighted by atomic mass is 9.89. The Bertz CT molecular complexity index is 389. The van der Waals surface area contributed by atoms with Crippen LogP contribution in [-0.4, -0.2) is 120 Å². The maximum atomic E-state index is 12.1. The second kappa shape index (κ2) is 8.39. The maximum Gasteiger partial charge on any atom is 0.195 e. The smallest absolute Gasteiger partial charge is 0.195 e. The van der Waals surface area contributed by atoms with Crippen molar-refractivity contribution in [3.05, 3.63) is 0 Å². The molecule has 9 N–H and O–H groups in total.